The Bertz CT molecular complexity index is 813. The Kier molecular flexibility index (Phi) is 4.56. The van der Waals surface area contributed by atoms with Crippen LogP contribution in [0.15, 0.2) is 52.0 Å². The summed E-state index contributed by atoms with van der Waals surface area (Å²) in [5, 5.41) is 8.66. The monoisotopic (exact) mass is 340 g/mol. The molecule has 3 rings (SSSR count). The molecule has 2 aromatic rings. The van der Waals surface area contributed by atoms with Crippen molar-refractivity contribution < 1.29 is 14.0 Å². The first-order valence-electron chi connectivity index (χ1n) is 8.04. The van der Waals surface area contributed by atoms with E-state index < -0.39 is 11.9 Å². The van der Waals surface area contributed by atoms with Gasteiger partial charge in [0, 0.05) is 6.42 Å². The Morgan fingerprint density at radius 2 is 2.00 bits per heavy atom. The number of nitrogens with two attached hydrogens (primary N) is 1. The summed E-state index contributed by atoms with van der Waals surface area (Å²) in [5.41, 5.74) is 6.46. The molecule has 0 saturated carbocycles. The predicted molar refractivity (Wildman–Crippen MR) is 94.0 cm³/mol. The number of anilines is 1. The van der Waals surface area contributed by atoms with Crippen LogP contribution in [0.3, 0.4) is 0 Å². The van der Waals surface area contributed by atoms with Crippen LogP contribution < -0.4 is 16.1 Å². The van der Waals surface area contributed by atoms with Crippen molar-refractivity contribution in [2.24, 2.45) is 10.8 Å². The highest BCUT2D eigenvalue weighted by atomic mass is 16.3. The standard InChI is InChI=1S/C18H20N4O3/c1-11-8-9-16(25-11)12(2)20-18(24)14-10-15(17(19)23)22(21-14)13-6-4-3-5-7-13/h3-9,12,15H,10H2,1-2H3,(H2,19,23)(H,20,24). The van der Waals surface area contributed by atoms with Gasteiger partial charge in [-0.2, -0.15) is 5.10 Å². The summed E-state index contributed by atoms with van der Waals surface area (Å²) in [6.07, 6.45) is 0.167. The van der Waals surface area contributed by atoms with E-state index in [0.717, 1.165) is 5.76 Å². The number of aryl methyl sites for hydroxylation is 1. The summed E-state index contributed by atoms with van der Waals surface area (Å²) in [7, 11) is 0. The lowest BCUT2D eigenvalue weighted by atomic mass is 10.1. The molecule has 2 atom stereocenters. The van der Waals surface area contributed by atoms with Crippen LogP contribution in [0.1, 0.15) is 30.9 Å². The van der Waals surface area contributed by atoms with Crippen LogP contribution >= 0.6 is 0 Å². The molecule has 130 valence electrons. The van der Waals surface area contributed by atoms with Crippen molar-refractivity contribution >= 4 is 23.2 Å². The quantitative estimate of drug-likeness (QED) is 0.868. The summed E-state index contributed by atoms with van der Waals surface area (Å²) < 4.78 is 5.52. The average Bonchev–Trinajstić information content (AvgIpc) is 3.22. The molecule has 0 aliphatic carbocycles. The van der Waals surface area contributed by atoms with E-state index in [1.165, 1.54) is 5.01 Å². The van der Waals surface area contributed by atoms with Gasteiger partial charge in [-0.1, -0.05) is 18.2 Å². The van der Waals surface area contributed by atoms with Crippen LogP contribution in [0.5, 0.6) is 0 Å². The molecule has 0 spiro atoms. The molecule has 1 aromatic heterocycles. The molecule has 1 aliphatic heterocycles. The Morgan fingerprint density at radius 1 is 1.28 bits per heavy atom. The van der Waals surface area contributed by atoms with E-state index >= 15 is 0 Å². The fourth-order valence-electron chi connectivity index (χ4n) is 2.73. The highest BCUT2D eigenvalue weighted by Crippen LogP contribution is 2.24. The molecule has 0 saturated heterocycles. The van der Waals surface area contributed by atoms with Gasteiger partial charge in [0.1, 0.15) is 23.3 Å². The van der Waals surface area contributed by atoms with Crippen LogP contribution in [0, 0.1) is 6.92 Å². The van der Waals surface area contributed by atoms with Gasteiger partial charge < -0.3 is 15.5 Å². The Labute approximate surface area is 145 Å². The van der Waals surface area contributed by atoms with Crippen LogP contribution in [0.25, 0.3) is 0 Å². The van der Waals surface area contributed by atoms with Crippen molar-refractivity contribution in [2.45, 2.75) is 32.4 Å². The van der Waals surface area contributed by atoms with Gasteiger partial charge in [0.15, 0.2) is 0 Å². The number of hydrazone groups is 1. The zero-order valence-electron chi connectivity index (χ0n) is 14.1. The maximum Gasteiger partial charge on any atom is 0.268 e. The average molecular weight is 340 g/mol. The number of furan rings is 1. The minimum absolute atomic E-state index is 0.167. The maximum atomic E-state index is 12.5. The number of benzene rings is 1. The number of nitrogens with one attached hydrogen (secondary N) is 1. The molecular weight excluding hydrogens is 320 g/mol. The van der Waals surface area contributed by atoms with Gasteiger partial charge in [-0.15, -0.1) is 0 Å². The number of para-hydroxylation sites is 1. The highest BCUT2D eigenvalue weighted by molar-refractivity contribution is 6.40. The van der Waals surface area contributed by atoms with Crippen molar-refractivity contribution in [3.63, 3.8) is 0 Å². The molecule has 0 fully saturated rings. The van der Waals surface area contributed by atoms with Gasteiger partial charge in [-0.3, -0.25) is 14.6 Å². The lowest BCUT2D eigenvalue weighted by molar-refractivity contribution is -0.119. The van der Waals surface area contributed by atoms with Crippen molar-refractivity contribution in [1.82, 2.24) is 5.32 Å². The highest BCUT2D eigenvalue weighted by Gasteiger charge is 2.35. The predicted octanol–water partition coefficient (Wildman–Crippen LogP) is 1.89. The fourth-order valence-corrected chi connectivity index (χ4v) is 2.73. The number of amides is 2. The topological polar surface area (TPSA) is 101 Å². The van der Waals surface area contributed by atoms with Gasteiger partial charge in [-0.05, 0) is 38.1 Å². The second-order valence-corrected chi connectivity index (χ2v) is 5.99. The fraction of sp³-hybridized carbons (Fsp3) is 0.278. The van der Waals surface area contributed by atoms with Crippen LogP contribution in [0.4, 0.5) is 5.69 Å². The van der Waals surface area contributed by atoms with E-state index in [0.29, 0.717) is 11.4 Å². The van der Waals surface area contributed by atoms with E-state index in [2.05, 4.69) is 10.4 Å². The summed E-state index contributed by atoms with van der Waals surface area (Å²) in [6.45, 7) is 3.67. The lowest BCUT2D eigenvalue weighted by Crippen LogP contribution is -2.40. The van der Waals surface area contributed by atoms with Crippen molar-refractivity contribution in [3.05, 3.63) is 54.0 Å². The maximum absolute atomic E-state index is 12.5. The largest absolute Gasteiger partial charge is 0.464 e. The number of carbonyl (C=O) groups excluding carboxylic acids is 2. The summed E-state index contributed by atoms with van der Waals surface area (Å²) in [6, 6.07) is 11.8. The van der Waals surface area contributed by atoms with Gasteiger partial charge in [0.05, 0.1) is 11.7 Å². The second-order valence-electron chi connectivity index (χ2n) is 5.99. The molecule has 7 heteroatoms. The first-order valence-corrected chi connectivity index (χ1v) is 8.04. The van der Waals surface area contributed by atoms with Crippen molar-refractivity contribution in [2.75, 3.05) is 5.01 Å². The normalized spacial score (nSPS) is 17.9. The molecule has 25 heavy (non-hydrogen) atoms. The third-order valence-electron chi connectivity index (χ3n) is 4.06. The van der Waals surface area contributed by atoms with Crippen molar-refractivity contribution in [1.29, 1.82) is 0 Å². The summed E-state index contributed by atoms with van der Waals surface area (Å²) in [4.78, 5) is 24.3. The SMILES string of the molecule is Cc1ccc(C(C)NC(=O)C2=NN(c3ccccc3)C(C(N)=O)C2)o1. The number of hydrogen-bond acceptors (Lipinski definition) is 5. The minimum atomic E-state index is -0.677. The minimum Gasteiger partial charge on any atom is -0.464 e. The Balaban J connectivity index is 1.77. The molecule has 3 N–H and O–H groups in total. The summed E-state index contributed by atoms with van der Waals surface area (Å²) in [5.74, 6) is 0.575. The number of nitrogens with zero attached hydrogens (tertiary/aromatic N) is 2. The van der Waals surface area contributed by atoms with Crippen LogP contribution in [-0.2, 0) is 9.59 Å². The second kappa shape index (κ2) is 6.80. The van der Waals surface area contributed by atoms with Gasteiger partial charge in [0.2, 0.25) is 5.91 Å². The van der Waals surface area contributed by atoms with Gasteiger partial charge in [0.25, 0.3) is 5.91 Å². The number of hydrogen-bond donors (Lipinski definition) is 2. The molecule has 0 radical (unpaired) electrons. The molecular formula is C18H20N4O3. The van der Waals surface area contributed by atoms with Crippen LogP contribution in [-0.4, -0.2) is 23.6 Å². The number of carbonyl (C=O) groups is 2. The van der Waals surface area contributed by atoms with Crippen LogP contribution in [0.2, 0.25) is 0 Å². The third kappa shape index (κ3) is 3.55. The van der Waals surface area contributed by atoms with Crippen molar-refractivity contribution in [3.8, 4) is 0 Å². The Morgan fingerprint density at radius 3 is 2.60 bits per heavy atom. The molecule has 1 aromatic carbocycles. The third-order valence-corrected chi connectivity index (χ3v) is 4.06. The summed E-state index contributed by atoms with van der Waals surface area (Å²) >= 11 is 0. The van der Waals surface area contributed by atoms with E-state index in [4.69, 9.17) is 10.2 Å². The molecule has 2 heterocycles. The molecule has 7 nitrogen and oxygen atoms in total. The van der Waals surface area contributed by atoms with E-state index in [-0.39, 0.29) is 24.1 Å². The molecule has 2 unspecified atom stereocenters. The van der Waals surface area contributed by atoms with E-state index in [1.54, 1.807) is 0 Å². The smallest absolute Gasteiger partial charge is 0.268 e. The molecule has 1 aliphatic rings. The van der Waals surface area contributed by atoms with E-state index in [9.17, 15) is 9.59 Å². The zero-order chi connectivity index (χ0) is 18.0. The lowest BCUT2D eigenvalue weighted by Gasteiger charge is -2.20. The number of primary amides is 1. The molecule has 2 amide bonds. The first-order chi connectivity index (χ1) is 12.0. The number of rotatable bonds is 5. The van der Waals surface area contributed by atoms with E-state index in [1.807, 2.05) is 56.3 Å². The Hall–Kier alpha value is -3.09. The van der Waals surface area contributed by atoms with Gasteiger partial charge >= 0.3 is 0 Å². The van der Waals surface area contributed by atoms with Gasteiger partial charge in [-0.25, -0.2) is 0 Å². The first kappa shape index (κ1) is 16.8. The molecule has 0 bridgehead atoms. The zero-order valence-corrected chi connectivity index (χ0v) is 14.1.